The van der Waals surface area contributed by atoms with Crippen molar-refractivity contribution >= 4 is 66.6 Å². The summed E-state index contributed by atoms with van der Waals surface area (Å²) in [5, 5.41) is 73.6. The second-order valence-corrected chi connectivity index (χ2v) is 12.8. The Bertz CT molecular complexity index is 2840. The third kappa shape index (κ3) is 12.0. The molecule has 296 valence electrons. The van der Waals surface area contributed by atoms with Crippen molar-refractivity contribution in [1.82, 2.24) is 9.78 Å². The largest absolute Gasteiger partial charge is 1.00 e. The van der Waals surface area contributed by atoms with E-state index in [2.05, 4.69) is 37.5 Å². The van der Waals surface area contributed by atoms with Crippen LogP contribution in [0.5, 0.6) is 17.2 Å². The Morgan fingerprint density at radius 1 is 0.867 bits per heavy atom. The number of anilines is 1. The molecule has 1 amide bonds. The fourth-order valence-corrected chi connectivity index (χ4v) is 5.54. The molecule has 5 aromatic carbocycles. The van der Waals surface area contributed by atoms with Crippen molar-refractivity contribution in [2.75, 3.05) is 5.32 Å². The molecule has 0 saturated heterocycles. The molecule has 0 spiro atoms. The normalized spacial score (nSPS) is 10.8. The van der Waals surface area contributed by atoms with Gasteiger partial charge < -0.3 is 30.5 Å². The summed E-state index contributed by atoms with van der Waals surface area (Å²) in [7, 11) is -4.88. The molecule has 25 heteroatoms. The van der Waals surface area contributed by atoms with Crippen molar-refractivity contribution in [2.24, 2.45) is 20.5 Å². The zero-order chi connectivity index (χ0) is 41.6. The molecule has 0 aliphatic carbocycles. The number of non-ortho nitro benzene ring substituents is 2. The van der Waals surface area contributed by atoms with Gasteiger partial charge in [0.2, 0.25) is 5.91 Å². The summed E-state index contributed by atoms with van der Waals surface area (Å²) in [6.07, 6.45) is 1.02. The number of azo groups is 2. The van der Waals surface area contributed by atoms with Crippen molar-refractivity contribution in [1.29, 1.82) is 0 Å². The molecule has 0 fully saturated rings. The average molecular weight is 895 g/mol. The summed E-state index contributed by atoms with van der Waals surface area (Å²) in [5.41, 5.74) is -1.14. The van der Waals surface area contributed by atoms with Crippen LogP contribution in [0.3, 0.4) is 0 Å². The van der Waals surface area contributed by atoms with E-state index < -0.39 is 59.2 Å². The maximum atomic E-state index is 12.4. The van der Waals surface area contributed by atoms with Gasteiger partial charge in [0, 0.05) is 52.7 Å². The number of nitrogens with one attached hydrogen (secondary N) is 1. The third-order valence-corrected chi connectivity index (χ3v) is 8.49. The van der Waals surface area contributed by atoms with E-state index in [-0.39, 0.29) is 121 Å². The van der Waals surface area contributed by atoms with Crippen LogP contribution in [-0.4, -0.2) is 53.8 Å². The zero-order valence-corrected chi connectivity index (χ0v) is 37.5. The number of aromatic hydroxyl groups is 3. The van der Waals surface area contributed by atoms with Crippen LogP contribution in [0.25, 0.3) is 16.5 Å². The molecule has 0 unspecified atom stereocenters. The Morgan fingerprint density at radius 2 is 1.43 bits per heavy atom. The summed E-state index contributed by atoms with van der Waals surface area (Å²) < 4.78 is 34.5. The van der Waals surface area contributed by atoms with Gasteiger partial charge in [0.15, 0.2) is 5.75 Å². The molecule has 0 aliphatic heterocycles. The fourth-order valence-electron chi connectivity index (χ4n) is 4.88. The summed E-state index contributed by atoms with van der Waals surface area (Å²) in [4.78, 5) is 43.5. The number of hydrogen-bond donors (Lipinski definition) is 5. The van der Waals surface area contributed by atoms with Gasteiger partial charge in [-0.1, -0.05) is 43.5 Å². The van der Waals surface area contributed by atoms with Gasteiger partial charge >= 0.3 is 59.1 Å². The van der Waals surface area contributed by atoms with E-state index in [0.717, 1.165) is 48.5 Å². The SMILES string of the molecule is C=CC(=O)Nc1ccc2cc(S(=O)(=O)O)c(N=Nc3cc([N+](=O)[O-])ccc3O)c(O)c2c1.Cc1nn(-c2ccccc2)c(=O)[c-]1N=Nc1cc([N+](=O)[O-])ccc1O.[Cr].[Na+].[Na+]. The molecule has 0 aliphatic rings. The van der Waals surface area contributed by atoms with E-state index in [4.69, 9.17) is 0 Å². The van der Waals surface area contributed by atoms with Crippen LogP contribution in [0.4, 0.5) is 39.8 Å². The van der Waals surface area contributed by atoms with Crippen LogP contribution < -0.4 is 70.0 Å². The van der Waals surface area contributed by atoms with Gasteiger partial charge in [-0.05, 0) is 53.9 Å². The number of phenolic OH excluding ortho intramolecular Hbond substituents is 3. The minimum Gasteiger partial charge on any atom is -0.506 e. The minimum atomic E-state index is -4.88. The minimum absolute atomic E-state index is 0. The molecule has 6 aromatic rings. The number of para-hydroxylation sites is 1. The number of aryl methyl sites for hydroxylation is 1. The Morgan fingerprint density at radius 3 is 1.97 bits per heavy atom. The first kappa shape index (κ1) is 50.6. The number of benzene rings is 5. The number of carbonyl (C=O) groups is 1. The summed E-state index contributed by atoms with van der Waals surface area (Å²) >= 11 is 0. The molecule has 21 nitrogen and oxygen atoms in total. The smallest absolute Gasteiger partial charge is 0.506 e. The van der Waals surface area contributed by atoms with Crippen LogP contribution in [-0.2, 0) is 32.3 Å². The summed E-state index contributed by atoms with van der Waals surface area (Å²) in [5.74, 6) is -2.02. The molecule has 0 radical (unpaired) electrons. The van der Waals surface area contributed by atoms with E-state index in [1.807, 2.05) is 6.07 Å². The van der Waals surface area contributed by atoms with E-state index in [1.54, 1.807) is 31.2 Å². The number of nitro groups is 2. The van der Waals surface area contributed by atoms with E-state index in [1.165, 1.54) is 22.9 Å². The Kier molecular flexibility index (Phi) is 18.2. The quantitative estimate of drug-likeness (QED) is 0.0246. The first-order valence-corrected chi connectivity index (χ1v) is 17.2. The van der Waals surface area contributed by atoms with Crippen LogP contribution in [0.2, 0.25) is 0 Å². The number of nitrogens with zero attached hydrogens (tertiary/aromatic N) is 8. The van der Waals surface area contributed by atoms with Crippen molar-refractivity contribution in [3.05, 3.63) is 140 Å². The van der Waals surface area contributed by atoms with Gasteiger partial charge in [-0.25, -0.2) is 9.78 Å². The molecule has 6 rings (SSSR count). The van der Waals surface area contributed by atoms with Crippen LogP contribution in [0.1, 0.15) is 5.69 Å². The van der Waals surface area contributed by atoms with E-state index in [9.17, 15) is 58.1 Å². The predicted molar refractivity (Wildman–Crippen MR) is 202 cm³/mol. The molecule has 0 atom stereocenters. The second kappa shape index (κ2) is 21.6. The zero-order valence-electron chi connectivity index (χ0n) is 31.4. The van der Waals surface area contributed by atoms with Crippen LogP contribution in [0.15, 0.2) is 134 Å². The average Bonchev–Trinajstić information content (AvgIpc) is 3.46. The Balaban J connectivity index is 0.000000404. The number of aromatic nitrogens is 2. The molecular formula is C35H26CrN9Na2O12S+. The molecular weight excluding hydrogens is 868 g/mol. The second-order valence-electron chi connectivity index (χ2n) is 11.4. The van der Waals surface area contributed by atoms with Gasteiger partial charge in [0.1, 0.15) is 39.0 Å². The number of hydrogen-bond acceptors (Lipinski definition) is 16. The van der Waals surface area contributed by atoms with Crippen molar-refractivity contribution in [3.8, 4) is 22.9 Å². The monoisotopic (exact) mass is 894 g/mol. The topological polar surface area (TPSA) is 315 Å². The van der Waals surface area contributed by atoms with Crippen LogP contribution >= 0.6 is 0 Å². The first-order chi connectivity index (χ1) is 27.0. The molecule has 0 saturated carbocycles. The van der Waals surface area contributed by atoms with E-state index in [0.29, 0.717) is 11.4 Å². The van der Waals surface area contributed by atoms with E-state index >= 15 is 0 Å². The number of rotatable bonds is 10. The molecule has 1 aromatic heterocycles. The molecule has 5 N–H and O–H groups in total. The Hall–Kier alpha value is -5.58. The molecule has 1 heterocycles. The number of nitro benzene ring substituents is 2. The van der Waals surface area contributed by atoms with Gasteiger partial charge in [-0.3, -0.25) is 29.6 Å². The molecule has 0 bridgehead atoms. The predicted octanol–water partition coefficient (Wildman–Crippen LogP) is 1.24. The Labute approximate surface area is 393 Å². The van der Waals surface area contributed by atoms with Crippen LogP contribution in [0, 0.1) is 27.2 Å². The fraction of sp³-hybridized carbons (Fsp3) is 0.0286. The van der Waals surface area contributed by atoms with Gasteiger partial charge in [0.05, 0.1) is 15.5 Å². The van der Waals surface area contributed by atoms with Crippen molar-refractivity contribution in [3.63, 3.8) is 0 Å². The standard InChI is InChI=1S/C19H14N4O8S.C16H12N5O4.Cr.2Na/c1-2-17(25)20-11-4-3-10-7-16(32(29,30)31)18(19(26)13(10)8-11)22-21-14-9-12(23(27)28)5-6-15(14)24;1-10-15(16(23)20(19-10)11-5-3-2-4-6-11)18-17-13-9-12(21(24)25)7-8-14(13)22;;;/h2-9,24,26H,1H2,(H,20,25)(H,29,30,31);2-9,22H,1H3;;;/q;-1;;2*+1. The van der Waals surface area contributed by atoms with Gasteiger partial charge in [-0.15, -0.1) is 15.9 Å². The van der Waals surface area contributed by atoms with Gasteiger partial charge in [-0.2, -0.15) is 13.5 Å². The van der Waals surface area contributed by atoms with Crippen molar-refractivity contribution < 1.29 is 119 Å². The maximum Gasteiger partial charge on any atom is 1.00 e. The maximum absolute atomic E-state index is 12.4. The summed E-state index contributed by atoms with van der Waals surface area (Å²) in [6.45, 7) is 4.92. The number of amides is 1. The summed E-state index contributed by atoms with van der Waals surface area (Å²) in [6, 6.07) is 20.2. The molecule has 60 heavy (non-hydrogen) atoms. The first-order valence-electron chi connectivity index (χ1n) is 15.8. The number of fused-ring (bicyclic) bond motifs is 1. The number of phenols is 3. The number of carbonyl (C=O) groups excluding carboxylic acids is 1. The third-order valence-electron chi connectivity index (χ3n) is 7.63. The van der Waals surface area contributed by atoms with Crippen molar-refractivity contribution in [2.45, 2.75) is 11.8 Å². The van der Waals surface area contributed by atoms with Gasteiger partial charge in [0.25, 0.3) is 21.5 Å².